The third-order valence-electron chi connectivity index (χ3n) is 7.56. The van der Waals surface area contributed by atoms with Gasteiger partial charge in [-0.1, -0.05) is 49.4 Å². The van der Waals surface area contributed by atoms with Gasteiger partial charge in [-0.3, -0.25) is 19.7 Å². The average Bonchev–Trinajstić information content (AvgIpc) is 3.36. The zero-order valence-corrected chi connectivity index (χ0v) is 20.4. The van der Waals surface area contributed by atoms with Gasteiger partial charge in [0.2, 0.25) is 5.91 Å². The number of hydrogen-bond acceptors (Lipinski definition) is 4. The fraction of sp³-hybridized carbons (Fsp3) is 0.414. The molecule has 1 amide bonds. The summed E-state index contributed by atoms with van der Waals surface area (Å²) in [5.41, 5.74) is 3.48. The maximum absolute atomic E-state index is 13.8. The van der Waals surface area contributed by atoms with Crippen LogP contribution in [0.15, 0.2) is 67.0 Å². The largest absolute Gasteiger partial charge is 0.334 e. The number of carbonyl (C=O) groups excluding carboxylic acids is 1. The van der Waals surface area contributed by atoms with Gasteiger partial charge in [-0.2, -0.15) is 0 Å². The Bertz CT molecular complexity index is 1160. The van der Waals surface area contributed by atoms with Gasteiger partial charge in [0.25, 0.3) is 0 Å². The number of aromatic nitrogens is 2. The third-order valence-corrected chi connectivity index (χ3v) is 7.56. The Kier molecular flexibility index (Phi) is 6.91. The first-order valence-corrected chi connectivity index (χ1v) is 12.6. The van der Waals surface area contributed by atoms with Crippen LogP contribution in [0.2, 0.25) is 0 Å². The van der Waals surface area contributed by atoms with Gasteiger partial charge in [0.05, 0.1) is 23.6 Å². The van der Waals surface area contributed by atoms with Gasteiger partial charge < -0.3 is 4.90 Å². The Morgan fingerprint density at radius 1 is 1.03 bits per heavy atom. The summed E-state index contributed by atoms with van der Waals surface area (Å²) < 4.78 is 13.6. The van der Waals surface area contributed by atoms with Crippen molar-refractivity contribution in [2.75, 3.05) is 19.6 Å². The first kappa shape index (κ1) is 23.6. The van der Waals surface area contributed by atoms with E-state index < -0.39 is 0 Å². The van der Waals surface area contributed by atoms with Crippen molar-refractivity contribution < 1.29 is 9.18 Å². The molecule has 2 aliphatic heterocycles. The minimum Gasteiger partial charge on any atom is -0.334 e. The molecule has 35 heavy (non-hydrogen) atoms. The van der Waals surface area contributed by atoms with E-state index in [1.54, 1.807) is 18.5 Å². The molecule has 182 valence electrons. The van der Waals surface area contributed by atoms with Gasteiger partial charge >= 0.3 is 0 Å². The molecule has 2 aromatic carbocycles. The number of rotatable bonds is 6. The highest BCUT2D eigenvalue weighted by Crippen LogP contribution is 2.39. The van der Waals surface area contributed by atoms with Crippen LogP contribution in [0.3, 0.4) is 0 Å². The Morgan fingerprint density at radius 3 is 2.57 bits per heavy atom. The predicted octanol–water partition coefficient (Wildman–Crippen LogP) is 5.17. The molecular weight excluding hydrogens is 439 g/mol. The molecule has 1 unspecified atom stereocenters. The van der Waals surface area contributed by atoms with E-state index in [0.717, 1.165) is 68.8 Å². The lowest BCUT2D eigenvalue weighted by atomic mass is 9.78. The lowest BCUT2D eigenvalue weighted by Crippen LogP contribution is -2.48. The molecule has 0 radical (unpaired) electrons. The molecule has 5 rings (SSSR count). The highest BCUT2D eigenvalue weighted by atomic mass is 19.1. The molecule has 2 aliphatic rings. The number of nitrogens with zero attached hydrogens (tertiary/aromatic N) is 4. The second-order valence-corrected chi connectivity index (χ2v) is 10.2. The van der Waals surface area contributed by atoms with Crippen molar-refractivity contribution in [1.82, 2.24) is 19.8 Å². The minimum absolute atomic E-state index is 0.0402. The maximum atomic E-state index is 13.8. The van der Waals surface area contributed by atoms with E-state index in [0.29, 0.717) is 6.42 Å². The Morgan fingerprint density at radius 2 is 1.80 bits per heavy atom. The number of benzene rings is 2. The van der Waals surface area contributed by atoms with Crippen molar-refractivity contribution in [3.63, 3.8) is 0 Å². The van der Waals surface area contributed by atoms with Crippen molar-refractivity contribution in [3.8, 4) is 0 Å². The summed E-state index contributed by atoms with van der Waals surface area (Å²) in [6.45, 7) is 5.70. The highest BCUT2D eigenvalue weighted by Gasteiger charge is 2.43. The summed E-state index contributed by atoms with van der Waals surface area (Å²) in [6, 6.07) is 17.1. The highest BCUT2D eigenvalue weighted by molar-refractivity contribution is 5.83. The topological polar surface area (TPSA) is 49.3 Å². The molecule has 1 atom stereocenters. The summed E-state index contributed by atoms with van der Waals surface area (Å²) >= 11 is 0. The van der Waals surface area contributed by atoms with Crippen LogP contribution in [0.4, 0.5) is 4.39 Å². The van der Waals surface area contributed by atoms with E-state index in [1.807, 2.05) is 17.0 Å². The zero-order valence-electron chi connectivity index (χ0n) is 20.4. The van der Waals surface area contributed by atoms with Crippen LogP contribution in [0.25, 0.3) is 0 Å². The van der Waals surface area contributed by atoms with Gasteiger partial charge in [0.1, 0.15) is 5.82 Å². The number of likely N-dealkylation sites (tertiary alicyclic amines) is 2. The van der Waals surface area contributed by atoms with Crippen molar-refractivity contribution in [1.29, 1.82) is 0 Å². The van der Waals surface area contributed by atoms with Gasteiger partial charge in [0.15, 0.2) is 0 Å². The zero-order chi connectivity index (χ0) is 24.3. The summed E-state index contributed by atoms with van der Waals surface area (Å²) in [5.74, 6) is -0.000988. The number of halogens is 1. The van der Waals surface area contributed by atoms with E-state index in [9.17, 15) is 9.18 Å². The van der Waals surface area contributed by atoms with Crippen LogP contribution >= 0.6 is 0 Å². The quantitative estimate of drug-likeness (QED) is 0.497. The molecule has 0 spiro atoms. The van der Waals surface area contributed by atoms with Gasteiger partial charge in [-0.15, -0.1) is 0 Å². The molecule has 3 aromatic rings. The first-order valence-electron chi connectivity index (χ1n) is 12.6. The van der Waals surface area contributed by atoms with Crippen molar-refractivity contribution in [2.45, 2.75) is 51.6 Å². The van der Waals surface area contributed by atoms with Crippen LogP contribution in [-0.4, -0.2) is 45.3 Å². The smallest absolute Gasteiger partial charge is 0.229 e. The Labute approximate surface area is 207 Å². The molecule has 0 saturated carbocycles. The number of piperidine rings is 1. The van der Waals surface area contributed by atoms with E-state index >= 15 is 0 Å². The SMILES string of the molecule is CC1(C(=O)N2CCCC2c2cncc(Cc3cccc(F)c3)n2)CCN(Cc2ccccc2)CC1. The van der Waals surface area contributed by atoms with Crippen LogP contribution in [-0.2, 0) is 17.8 Å². The molecule has 0 N–H and O–H groups in total. The van der Waals surface area contributed by atoms with Crippen LogP contribution in [0.1, 0.15) is 61.2 Å². The number of carbonyl (C=O) groups is 1. The van der Waals surface area contributed by atoms with E-state index in [4.69, 9.17) is 4.98 Å². The molecule has 3 heterocycles. The molecule has 2 fully saturated rings. The molecule has 5 nitrogen and oxygen atoms in total. The van der Waals surface area contributed by atoms with Gasteiger partial charge in [0, 0.05) is 31.1 Å². The monoisotopic (exact) mass is 472 g/mol. The van der Waals surface area contributed by atoms with Gasteiger partial charge in [-0.25, -0.2) is 4.39 Å². The summed E-state index contributed by atoms with van der Waals surface area (Å²) in [6.07, 6.45) is 7.66. The third kappa shape index (κ3) is 5.43. The number of amides is 1. The van der Waals surface area contributed by atoms with Crippen molar-refractivity contribution in [3.05, 3.63) is 95.3 Å². The van der Waals surface area contributed by atoms with Crippen LogP contribution < -0.4 is 0 Å². The van der Waals surface area contributed by atoms with Crippen LogP contribution in [0, 0.1) is 11.2 Å². The summed E-state index contributed by atoms with van der Waals surface area (Å²) in [7, 11) is 0. The molecular formula is C29H33FN4O. The second-order valence-electron chi connectivity index (χ2n) is 10.2. The summed E-state index contributed by atoms with van der Waals surface area (Å²) in [4.78, 5) is 27.6. The Balaban J connectivity index is 1.25. The minimum atomic E-state index is -0.345. The second kappa shape index (κ2) is 10.2. The van der Waals surface area contributed by atoms with Crippen molar-refractivity contribution in [2.24, 2.45) is 5.41 Å². The van der Waals surface area contributed by atoms with Crippen LogP contribution in [0.5, 0.6) is 0 Å². The van der Waals surface area contributed by atoms with E-state index in [2.05, 4.69) is 41.1 Å². The maximum Gasteiger partial charge on any atom is 0.229 e. The van der Waals surface area contributed by atoms with E-state index in [-0.39, 0.29) is 23.2 Å². The standard InChI is InChI=1S/C29H33FN4O/c1-29(12-15-33(16-13-29)21-22-7-3-2-4-8-22)28(35)34-14-6-11-27(34)26-20-31-19-25(32-26)18-23-9-5-10-24(30)17-23/h2-5,7-10,17,19-20,27H,6,11-16,18,21H2,1H3. The molecule has 1 aromatic heterocycles. The first-order chi connectivity index (χ1) is 17.0. The predicted molar refractivity (Wildman–Crippen MR) is 134 cm³/mol. The Hall–Kier alpha value is -3.12. The molecule has 0 bridgehead atoms. The summed E-state index contributed by atoms with van der Waals surface area (Å²) in [5, 5.41) is 0. The van der Waals surface area contributed by atoms with Gasteiger partial charge in [-0.05, 0) is 62.0 Å². The average molecular weight is 473 g/mol. The number of hydrogen-bond donors (Lipinski definition) is 0. The molecule has 2 saturated heterocycles. The fourth-order valence-electron chi connectivity index (χ4n) is 5.45. The normalized spacial score (nSPS) is 20.2. The molecule has 6 heteroatoms. The fourth-order valence-corrected chi connectivity index (χ4v) is 5.45. The van der Waals surface area contributed by atoms with Crippen molar-refractivity contribution >= 4 is 5.91 Å². The van der Waals surface area contributed by atoms with E-state index in [1.165, 1.54) is 17.7 Å². The lowest BCUT2D eigenvalue weighted by molar-refractivity contribution is -0.145. The molecule has 0 aliphatic carbocycles. The lowest BCUT2D eigenvalue weighted by Gasteiger charge is -2.41.